The zero-order chi connectivity index (χ0) is 17.4. The van der Waals surface area contributed by atoms with Gasteiger partial charge >= 0.3 is 18.0 Å². The zero-order valence-electron chi connectivity index (χ0n) is 11.9. The molecule has 0 aliphatic rings. The molecule has 1 rings (SSSR count). The first-order chi connectivity index (χ1) is 10.8. The summed E-state index contributed by atoms with van der Waals surface area (Å²) in [6, 6.07) is -3.02. The van der Waals surface area contributed by atoms with Crippen molar-refractivity contribution in [3.05, 3.63) is 11.8 Å². The average molecular weight is 331 g/mol. The third-order valence-electron chi connectivity index (χ3n) is 2.65. The number of aliphatic hydroxyl groups is 1. The number of urea groups is 1. The molecule has 0 saturated carbocycles. The summed E-state index contributed by atoms with van der Waals surface area (Å²) in [4.78, 5) is 32.9. The van der Waals surface area contributed by atoms with E-state index in [2.05, 4.69) is 20.8 Å². The van der Waals surface area contributed by atoms with Gasteiger partial charge in [-0.25, -0.2) is 9.59 Å². The Balaban J connectivity index is 2.47. The maximum absolute atomic E-state index is 11.6. The van der Waals surface area contributed by atoms with Gasteiger partial charge in [0.25, 0.3) is 0 Å². The molecule has 2 unspecified atom stereocenters. The number of carbonyl (C=O) groups excluding carboxylic acids is 1. The number of nitrogens with zero attached hydrogens (tertiary/aromatic N) is 2. The Morgan fingerprint density at radius 3 is 2.52 bits per heavy atom. The molecular formula is C11H17N5O7. The number of aliphatic carboxylic acids is 2. The second kappa shape index (κ2) is 8.65. The molecule has 0 spiro atoms. The lowest BCUT2D eigenvalue weighted by molar-refractivity contribution is -0.140. The maximum atomic E-state index is 11.6. The van der Waals surface area contributed by atoms with E-state index in [0.29, 0.717) is 0 Å². The summed E-state index contributed by atoms with van der Waals surface area (Å²) in [5.74, 6) is -2.52. The molecule has 0 aliphatic carbocycles. The monoisotopic (exact) mass is 331 g/mol. The number of hydrogen-bond acceptors (Lipinski definition) is 8. The second-order valence-corrected chi connectivity index (χ2v) is 4.47. The standard InChI is InChI=1S/C11H17N5O7/c12-5(4-17)9-16-15-7(23-9)3-13-11(22)14-6(10(20)21)1-2-8(18)19/h5-6,17H,1-4,12H2,(H,18,19)(H,20,21)(H2,13,14,22). The van der Waals surface area contributed by atoms with E-state index in [0.717, 1.165) is 0 Å². The lowest BCUT2D eigenvalue weighted by atomic mass is 10.1. The minimum atomic E-state index is -1.35. The van der Waals surface area contributed by atoms with Crippen LogP contribution < -0.4 is 16.4 Å². The molecule has 2 amide bonds. The minimum absolute atomic E-state index is 0.00502. The molecule has 128 valence electrons. The van der Waals surface area contributed by atoms with Crippen molar-refractivity contribution in [2.45, 2.75) is 31.5 Å². The van der Waals surface area contributed by atoms with Crippen LogP contribution in [0.25, 0.3) is 0 Å². The molecule has 0 saturated heterocycles. The van der Waals surface area contributed by atoms with Crippen LogP contribution in [0, 0.1) is 0 Å². The Bertz CT molecular complexity index is 561. The van der Waals surface area contributed by atoms with Crippen LogP contribution in [0.2, 0.25) is 0 Å². The first kappa shape index (κ1) is 18.3. The van der Waals surface area contributed by atoms with E-state index in [4.69, 9.17) is 25.5 Å². The number of carbonyl (C=O) groups is 3. The van der Waals surface area contributed by atoms with Crippen LogP contribution in [0.1, 0.15) is 30.7 Å². The molecule has 7 N–H and O–H groups in total. The molecule has 2 atom stereocenters. The number of aromatic nitrogens is 2. The summed E-state index contributed by atoms with van der Waals surface area (Å²) >= 11 is 0. The number of carboxylic acids is 2. The highest BCUT2D eigenvalue weighted by Crippen LogP contribution is 2.07. The van der Waals surface area contributed by atoms with E-state index in [-0.39, 0.29) is 31.4 Å². The fourth-order valence-electron chi connectivity index (χ4n) is 1.46. The van der Waals surface area contributed by atoms with Crippen molar-refractivity contribution in [2.75, 3.05) is 6.61 Å². The smallest absolute Gasteiger partial charge is 0.326 e. The zero-order valence-corrected chi connectivity index (χ0v) is 11.9. The van der Waals surface area contributed by atoms with E-state index >= 15 is 0 Å². The fraction of sp³-hybridized carbons (Fsp3) is 0.545. The van der Waals surface area contributed by atoms with Crippen molar-refractivity contribution in [1.82, 2.24) is 20.8 Å². The lowest BCUT2D eigenvalue weighted by Gasteiger charge is -2.13. The molecule has 23 heavy (non-hydrogen) atoms. The van der Waals surface area contributed by atoms with E-state index in [9.17, 15) is 14.4 Å². The minimum Gasteiger partial charge on any atom is -0.481 e. The van der Waals surface area contributed by atoms with E-state index in [1.54, 1.807) is 0 Å². The molecule has 0 radical (unpaired) electrons. The molecule has 0 aromatic carbocycles. The normalized spacial score (nSPS) is 13.1. The number of carboxylic acid groups (broad SMARTS) is 2. The summed E-state index contributed by atoms with van der Waals surface area (Å²) in [6.07, 6.45) is -0.655. The lowest BCUT2D eigenvalue weighted by Crippen LogP contribution is -2.46. The Morgan fingerprint density at radius 2 is 1.96 bits per heavy atom. The number of aliphatic hydroxyl groups excluding tert-OH is 1. The molecule has 0 bridgehead atoms. The summed E-state index contributed by atoms with van der Waals surface area (Å²) < 4.78 is 5.07. The van der Waals surface area contributed by atoms with Gasteiger partial charge in [-0.1, -0.05) is 0 Å². The van der Waals surface area contributed by atoms with Gasteiger partial charge in [0.2, 0.25) is 11.8 Å². The van der Waals surface area contributed by atoms with Crippen LogP contribution in [0.4, 0.5) is 4.79 Å². The quantitative estimate of drug-likeness (QED) is 0.299. The van der Waals surface area contributed by atoms with Gasteiger partial charge in [-0.15, -0.1) is 10.2 Å². The SMILES string of the molecule is NC(CO)c1nnc(CNC(=O)NC(CCC(=O)O)C(=O)O)o1. The topological polar surface area (TPSA) is 201 Å². The summed E-state index contributed by atoms with van der Waals surface area (Å²) in [5, 5.41) is 37.8. The predicted octanol–water partition coefficient (Wildman–Crippen LogP) is -1.82. The fourth-order valence-corrected chi connectivity index (χ4v) is 1.46. The highest BCUT2D eigenvalue weighted by atomic mass is 16.4. The first-order valence-corrected chi connectivity index (χ1v) is 6.51. The van der Waals surface area contributed by atoms with Crippen molar-refractivity contribution >= 4 is 18.0 Å². The predicted molar refractivity (Wildman–Crippen MR) is 72.0 cm³/mol. The number of nitrogens with two attached hydrogens (primary N) is 1. The van der Waals surface area contributed by atoms with Crippen LogP contribution in [0.5, 0.6) is 0 Å². The summed E-state index contributed by atoms with van der Waals surface area (Å²) in [5.41, 5.74) is 5.46. The van der Waals surface area contributed by atoms with E-state index in [1.807, 2.05) is 0 Å². The largest absolute Gasteiger partial charge is 0.481 e. The number of nitrogens with one attached hydrogen (secondary N) is 2. The van der Waals surface area contributed by atoms with Gasteiger partial charge in [-0.05, 0) is 6.42 Å². The van der Waals surface area contributed by atoms with Gasteiger partial charge in [0.15, 0.2) is 0 Å². The molecule has 0 aliphatic heterocycles. The number of rotatable bonds is 9. The van der Waals surface area contributed by atoms with Crippen molar-refractivity contribution < 1.29 is 34.1 Å². The van der Waals surface area contributed by atoms with Crippen LogP contribution >= 0.6 is 0 Å². The van der Waals surface area contributed by atoms with Gasteiger partial charge in [0.1, 0.15) is 12.1 Å². The van der Waals surface area contributed by atoms with Gasteiger partial charge in [-0.2, -0.15) is 0 Å². The molecule has 1 heterocycles. The van der Waals surface area contributed by atoms with Crippen LogP contribution in [-0.2, 0) is 16.1 Å². The molecule has 12 heteroatoms. The van der Waals surface area contributed by atoms with Gasteiger partial charge in [0.05, 0.1) is 13.2 Å². The highest BCUT2D eigenvalue weighted by molar-refractivity contribution is 5.82. The Labute approximate surface area is 129 Å². The van der Waals surface area contributed by atoms with E-state index < -0.39 is 36.5 Å². The molecular weight excluding hydrogens is 314 g/mol. The molecule has 1 aromatic rings. The van der Waals surface area contributed by atoms with Crippen molar-refractivity contribution in [3.63, 3.8) is 0 Å². The van der Waals surface area contributed by atoms with Crippen LogP contribution in [0.15, 0.2) is 4.42 Å². The van der Waals surface area contributed by atoms with Crippen LogP contribution in [-0.4, -0.2) is 56.1 Å². The Morgan fingerprint density at radius 1 is 1.26 bits per heavy atom. The average Bonchev–Trinajstić information content (AvgIpc) is 2.97. The van der Waals surface area contributed by atoms with Crippen LogP contribution in [0.3, 0.4) is 0 Å². The third kappa shape index (κ3) is 6.27. The van der Waals surface area contributed by atoms with Crippen molar-refractivity contribution in [1.29, 1.82) is 0 Å². The number of hydrogen-bond donors (Lipinski definition) is 6. The highest BCUT2D eigenvalue weighted by Gasteiger charge is 2.21. The Hall–Kier alpha value is -2.73. The second-order valence-electron chi connectivity index (χ2n) is 4.47. The maximum Gasteiger partial charge on any atom is 0.326 e. The molecule has 1 aromatic heterocycles. The van der Waals surface area contributed by atoms with Gasteiger partial charge < -0.3 is 36.1 Å². The number of amides is 2. The van der Waals surface area contributed by atoms with Crippen molar-refractivity contribution in [3.8, 4) is 0 Å². The molecule has 12 nitrogen and oxygen atoms in total. The van der Waals surface area contributed by atoms with Crippen molar-refractivity contribution in [2.24, 2.45) is 5.73 Å². The summed E-state index contributed by atoms with van der Waals surface area (Å²) in [7, 11) is 0. The third-order valence-corrected chi connectivity index (χ3v) is 2.65. The Kier molecular flexibility index (Phi) is 6.89. The molecule has 0 fully saturated rings. The summed E-state index contributed by atoms with van der Waals surface area (Å²) in [6.45, 7) is -0.582. The van der Waals surface area contributed by atoms with Gasteiger partial charge in [-0.3, -0.25) is 4.79 Å². The van der Waals surface area contributed by atoms with E-state index in [1.165, 1.54) is 0 Å². The first-order valence-electron chi connectivity index (χ1n) is 6.51. The van der Waals surface area contributed by atoms with Gasteiger partial charge in [0, 0.05) is 6.42 Å².